The fourth-order valence-electron chi connectivity index (χ4n) is 1.80. The molecule has 4 N–H and O–H groups in total. The van der Waals surface area contributed by atoms with Crippen molar-refractivity contribution in [1.29, 1.82) is 0 Å². The second-order valence-electron chi connectivity index (χ2n) is 4.59. The molecule has 0 amide bonds. The summed E-state index contributed by atoms with van der Waals surface area (Å²) in [5, 5.41) is 10.5. The zero-order valence-corrected chi connectivity index (χ0v) is 12.4. The van der Waals surface area contributed by atoms with E-state index >= 15 is 0 Å². The Labute approximate surface area is 124 Å². The zero-order valence-electron chi connectivity index (χ0n) is 12.4. The highest BCUT2D eigenvalue weighted by Gasteiger charge is 2.11. The van der Waals surface area contributed by atoms with E-state index in [1.165, 1.54) is 11.6 Å². The molecule has 0 aliphatic heterocycles. The highest BCUT2D eigenvalue weighted by atomic mass is 16.6. The van der Waals surface area contributed by atoms with E-state index in [0.717, 1.165) is 12.1 Å². The van der Waals surface area contributed by atoms with Gasteiger partial charge in [0.25, 0.3) is 5.69 Å². The molecule has 0 aliphatic carbocycles. The molecule has 0 aromatic heterocycles. The minimum Gasteiger partial charge on any atom is -0.399 e. The zero-order chi connectivity index (χ0) is 15.8. The van der Waals surface area contributed by atoms with E-state index in [1.54, 1.807) is 12.1 Å². The highest BCUT2D eigenvalue weighted by Crippen LogP contribution is 2.21. The van der Waals surface area contributed by atoms with Gasteiger partial charge >= 0.3 is 0 Å². The van der Waals surface area contributed by atoms with Crippen molar-refractivity contribution < 1.29 is 4.92 Å². The van der Waals surface area contributed by atoms with Crippen LogP contribution in [0.15, 0.2) is 42.5 Å². The lowest BCUT2D eigenvalue weighted by Gasteiger charge is -1.99. The van der Waals surface area contributed by atoms with E-state index in [0.29, 0.717) is 17.7 Å². The Kier molecular flexibility index (Phi) is 6.20. The molecule has 0 bridgehead atoms. The highest BCUT2D eigenvalue weighted by molar-refractivity contribution is 5.52. The molecule has 0 saturated heterocycles. The van der Waals surface area contributed by atoms with Crippen molar-refractivity contribution in [2.24, 2.45) is 0 Å². The largest absolute Gasteiger partial charge is 0.399 e. The van der Waals surface area contributed by atoms with Crippen molar-refractivity contribution in [2.75, 3.05) is 11.5 Å². The maximum Gasteiger partial charge on any atom is 0.274 e. The second-order valence-corrected chi connectivity index (χ2v) is 4.59. The van der Waals surface area contributed by atoms with Crippen LogP contribution in [0.1, 0.15) is 25.0 Å². The molecule has 0 spiro atoms. The molecule has 112 valence electrons. The molecule has 0 heterocycles. The number of nitrogen functional groups attached to an aromatic ring is 2. The molecule has 2 aromatic carbocycles. The summed E-state index contributed by atoms with van der Waals surface area (Å²) in [7, 11) is 0. The topological polar surface area (TPSA) is 95.2 Å². The SMILES string of the molecule is CCc1ccc(N)cc1.CCc1ccc(N)cc1[N+](=O)[O-]. The molecule has 0 fully saturated rings. The van der Waals surface area contributed by atoms with Crippen LogP contribution in [0.25, 0.3) is 0 Å². The van der Waals surface area contributed by atoms with E-state index in [9.17, 15) is 10.1 Å². The normalized spacial score (nSPS) is 9.62. The van der Waals surface area contributed by atoms with Crippen LogP contribution in [0.3, 0.4) is 0 Å². The summed E-state index contributed by atoms with van der Waals surface area (Å²) < 4.78 is 0. The fourth-order valence-corrected chi connectivity index (χ4v) is 1.80. The van der Waals surface area contributed by atoms with Gasteiger partial charge in [0.05, 0.1) is 4.92 Å². The van der Waals surface area contributed by atoms with Gasteiger partial charge in [0.15, 0.2) is 0 Å². The summed E-state index contributed by atoms with van der Waals surface area (Å²) in [6.07, 6.45) is 1.73. The van der Waals surface area contributed by atoms with E-state index in [1.807, 2.05) is 19.1 Å². The van der Waals surface area contributed by atoms with Gasteiger partial charge in [-0.15, -0.1) is 0 Å². The summed E-state index contributed by atoms with van der Waals surface area (Å²) in [5.74, 6) is 0. The Balaban J connectivity index is 0.000000219. The van der Waals surface area contributed by atoms with Gasteiger partial charge in [-0.25, -0.2) is 0 Å². The van der Waals surface area contributed by atoms with Crippen molar-refractivity contribution in [1.82, 2.24) is 0 Å². The summed E-state index contributed by atoms with van der Waals surface area (Å²) in [4.78, 5) is 10.1. The summed E-state index contributed by atoms with van der Waals surface area (Å²) >= 11 is 0. The van der Waals surface area contributed by atoms with Crippen molar-refractivity contribution in [3.8, 4) is 0 Å². The van der Waals surface area contributed by atoms with Gasteiger partial charge in [0.2, 0.25) is 0 Å². The standard InChI is InChI=1S/C8H10N2O2.C8H11N/c1-2-6-3-4-7(9)5-8(6)10(11)12;1-2-7-3-5-8(9)6-4-7/h3-5H,2,9H2,1H3;3-6H,2,9H2,1H3. The average molecular weight is 287 g/mol. The predicted molar refractivity (Wildman–Crippen MR) is 87.1 cm³/mol. The number of hydrogen-bond donors (Lipinski definition) is 2. The molecule has 5 heteroatoms. The van der Waals surface area contributed by atoms with Gasteiger partial charge in [-0.3, -0.25) is 10.1 Å². The van der Waals surface area contributed by atoms with Crippen LogP contribution in [0.4, 0.5) is 17.1 Å². The van der Waals surface area contributed by atoms with E-state index in [2.05, 4.69) is 19.1 Å². The molecule has 5 nitrogen and oxygen atoms in total. The number of rotatable bonds is 3. The fraction of sp³-hybridized carbons (Fsp3) is 0.250. The molecule has 21 heavy (non-hydrogen) atoms. The molecule has 2 rings (SSSR count). The first-order valence-electron chi connectivity index (χ1n) is 6.85. The van der Waals surface area contributed by atoms with Gasteiger partial charge in [-0.2, -0.15) is 0 Å². The molecule has 2 aromatic rings. The number of nitrogens with zero attached hydrogens (tertiary/aromatic N) is 1. The molecular weight excluding hydrogens is 266 g/mol. The average Bonchev–Trinajstić information content (AvgIpc) is 2.48. The number of hydrogen-bond acceptors (Lipinski definition) is 4. The molecule has 0 radical (unpaired) electrons. The van der Waals surface area contributed by atoms with Crippen LogP contribution in [0, 0.1) is 10.1 Å². The lowest BCUT2D eigenvalue weighted by Crippen LogP contribution is -1.95. The summed E-state index contributed by atoms with van der Waals surface area (Å²) in [6, 6.07) is 12.7. The van der Waals surface area contributed by atoms with Crippen LogP contribution in [0.2, 0.25) is 0 Å². The molecule has 0 unspecified atom stereocenters. The van der Waals surface area contributed by atoms with E-state index < -0.39 is 4.92 Å². The summed E-state index contributed by atoms with van der Waals surface area (Å²) in [6.45, 7) is 4.00. The molecule has 0 aliphatic rings. The Hall–Kier alpha value is -2.56. The molecule has 0 atom stereocenters. The number of nitro groups is 1. The van der Waals surface area contributed by atoms with Crippen LogP contribution in [-0.4, -0.2) is 4.92 Å². The number of nitro benzene ring substituents is 1. The van der Waals surface area contributed by atoms with Crippen molar-refractivity contribution in [2.45, 2.75) is 26.7 Å². The quantitative estimate of drug-likeness (QED) is 0.512. The van der Waals surface area contributed by atoms with E-state index in [4.69, 9.17) is 11.5 Å². The van der Waals surface area contributed by atoms with Crippen molar-refractivity contribution >= 4 is 17.1 Å². The van der Waals surface area contributed by atoms with E-state index in [-0.39, 0.29) is 5.69 Å². The lowest BCUT2D eigenvalue weighted by molar-refractivity contribution is -0.385. The Morgan fingerprint density at radius 1 is 0.952 bits per heavy atom. The Bertz CT molecular complexity index is 595. The van der Waals surface area contributed by atoms with Gasteiger partial charge < -0.3 is 11.5 Å². The first-order chi connectivity index (χ1) is 9.97. The van der Waals surface area contributed by atoms with Crippen molar-refractivity contribution in [3.63, 3.8) is 0 Å². The summed E-state index contributed by atoms with van der Waals surface area (Å²) in [5.41, 5.74) is 14.3. The van der Waals surface area contributed by atoms with Crippen LogP contribution >= 0.6 is 0 Å². The third kappa shape index (κ3) is 5.14. The third-order valence-electron chi connectivity index (χ3n) is 3.07. The van der Waals surface area contributed by atoms with Crippen LogP contribution < -0.4 is 11.5 Å². The molecule has 0 saturated carbocycles. The maximum absolute atomic E-state index is 10.5. The maximum atomic E-state index is 10.5. The monoisotopic (exact) mass is 287 g/mol. The van der Waals surface area contributed by atoms with Crippen LogP contribution in [-0.2, 0) is 12.8 Å². The number of aryl methyl sites for hydroxylation is 2. The van der Waals surface area contributed by atoms with Crippen molar-refractivity contribution in [3.05, 3.63) is 63.7 Å². The number of nitrogens with two attached hydrogens (primary N) is 2. The Morgan fingerprint density at radius 2 is 1.52 bits per heavy atom. The third-order valence-corrected chi connectivity index (χ3v) is 3.07. The van der Waals surface area contributed by atoms with Gasteiger partial charge in [0, 0.05) is 23.0 Å². The number of benzene rings is 2. The predicted octanol–water partition coefficient (Wildman–Crippen LogP) is 3.57. The second kappa shape index (κ2) is 7.89. The smallest absolute Gasteiger partial charge is 0.274 e. The van der Waals surface area contributed by atoms with Crippen LogP contribution in [0.5, 0.6) is 0 Å². The lowest BCUT2D eigenvalue weighted by atomic mass is 10.1. The first kappa shape index (κ1) is 16.5. The van der Waals surface area contributed by atoms with Gasteiger partial charge in [-0.1, -0.05) is 32.0 Å². The number of anilines is 2. The minimum atomic E-state index is -0.408. The first-order valence-corrected chi connectivity index (χ1v) is 6.85. The van der Waals surface area contributed by atoms with Gasteiger partial charge in [-0.05, 0) is 36.6 Å². The van der Waals surface area contributed by atoms with Gasteiger partial charge in [0.1, 0.15) is 0 Å². The molecular formula is C16H21N3O2. The Morgan fingerprint density at radius 3 is 2.00 bits per heavy atom. The minimum absolute atomic E-state index is 0.109.